The molecule has 1 aromatic heterocycles. The monoisotopic (exact) mass is 311 g/mol. The highest BCUT2D eigenvalue weighted by Crippen LogP contribution is 2.07. The largest absolute Gasteiger partial charge is 0.464 e. The Morgan fingerprint density at radius 2 is 2.39 bits per heavy atom. The first-order valence-electron chi connectivity index (χ1n) is 5.56. The van der Waals surface area contributed by atoms with E-state index in [1.165, 1.54) is 0 Å². The van der Waals surface area contributed by atoms with Gasteiger partial charge in [-0.15, -0.1) is 0 Å². The fourth-order valence-corrected chi connectivity index (χ4v) is 1.44. The third kappa shape index (κ3) is 6.38. The van der Waals surface area contributed by atoms with E-state index in [2.05, 4.69) is 32.8 Å². The van der Waals surface area contributed by atoms with Gasteiger partial charge in [0.2, 0.25) is 0 Å². The number of carbonyl (C=O) groups is 1. The summed E-state index contributed by atoms with van der Waals surface area (Å²) in [6.45, 7) is 2.51. The van der Waals surface area contributed by atoms with E-state index in [0.717, 1.165) is 4.47 Å². The summed E-state index contributed by atoms with van der Waals surface area (Å²) in [6, 6.07) is 3.68. The quantitative estimate of drug-likeness (QED) is 0.475. The number of hydrogen-bond donors (Lipinski definition) is 0. The first kappa shape index (κ1) is 14.7. The Morgan fingerprint density at radius 3 is 3.11 bits per heavy atom. The average Bonchev–Trinajstić information content (AvgIpc) is 2.34. The zero-order valence-electron chi connectivity index (χ0n) is 10.1. The number of ether oxygens (including phenoxy) is 2. The molecule has 0 bridgehead atoms. The van der Waals surface area contributed by atoms with Gasteiger partial charge in [0.1, 0.15) is 12.3 Å². The van der Waals surface area contributed by atoms with Gasteiger partial charge in [0.25, 0.3) is 0 Å². The molecule has 0 spiro atoms. The molecular weight excluding hydrogens is 298 g/mol. The van der Waals surface area contributed by atoms with Crippen LogP contribution in [-0.4, -0.2) is 30.8 Å². The topological polar surface area (TPSA) is 48.4 Å². The maximum absolute atomic E-state index is 10.9. The molecule has 1 heterocycles. The predicted octanol–water partition coefficient (Wildman–Crippen LogP) is 2.17. The van der Waals surface area contributed by atoms with Crippen LogP contribution in [0.4, 0.5) is 0 Å². The molecule has 0 saturated carbocycles. The summed E-state index contributed by atoms with van der Waals surface area (Å²) in [6.07, 6.45) is 2.24. The summed E-state index contributed by atoms with van der Waals surface area (Å²) < 4.78 is 10.8. The van der Waals surface area contributed by atoms with Crippen LogP contribution in [0.25, 0.3) is 0 Å². The number of aromatic nitrogens is 1. The lowest BCUT2D eigenvalue weighted by atomic mass is 10.3. The highest BCUT2D eigenvalue weighted by molar-refractivity contribution is 9.10. The Labute approximate surface area is 115 Å². The predicted molar refractivity (Wildman–Crippen MR) is 70.9 cm³/mol. The molecular formula is C13H14BrNO3. The molecule has 96 valence electrons. The van der Waals surface area contributed by atoms with Gasteiger partial charge in [-0.05, 0) is 25.0 Å². The molecule has 0 N–H and O–H groups in total. The van der Waals surface area contributed by atoms with E-state index >= 15 is 0 Å². The van der Waals surface area contributed by atoms with E-state index in [0.29, 0.717) is 25.3 Å². The van der Waals surface area contributed by atoms with E-state index < -0.39 is 0 Å². The summed E-state index contributed by atoms with van der Waals surface area (Å²) in [7, 11) is 0. The third-order valence-corrected chi connectivity index (χ3v) is 2.33. The summed E-state index contributed by atoms with van der Waals surface area (Å²) in [5.41, 5.74) is 0.703. The fraction of sp³-hybridized carbons (Fsp3) is 0.385. The molecule has 4 nitrogen and oxygen atoms in total. The van der Waals surface area contributed by atoms with Crippen LogP contribution in [-0.2, 0) is 14.3 Å². The lowest BCUT2D eigenvalue weighted by molar-refractivity contribution is -0.148. The van der Waals surface area contributed by atoms with E-state index in [1.807, 2.05) is 12.1 Å². The van der Waals surface area contributed by atoms with E-state index in [1.54, 1.807) is 13.1 Å². The Balaban J connectivity index is 2.20. The Morgan fingerprint density at radius 1 is 1.56 bits per heavy atom. The van der Waals surface area contributed by atoms with Crippen molar-refractivity contribution in [2.45, 2.75) is 13.3 Å². The Hall–Kier alpha value is -1.38. The standard InChI is InChI=1S/C13H14BrNO3/c1-2-18-13(16)10-17-8-4-3-5-12-9-11(14)6-7-15-12/h6-7,9H,2,4,8,10H2,1H3. The van der Waals surface area contributed by atoms with Gasteiger partial charge in [0.05, 0.1) is 13.2 Å². The second-order valence-electron chi connectivity index (χ2n) is 3.27. The minimum Gasteiger partial charge on any atom is -0.464 e. The molecule has 0 aliphatic carbocycles. The molecule has 5 heteroatoms. The lowest BCUT2D eigenvalue weighted by Crippen LogP contribution is -2.12. The van der Waals surface area contributed by atoms with Crippen molar-refractivity contribution >= 4 is 21.9 Å². The van der Waals surface area contributed by atoms with E-state index in [4.69, 9.17) is 9.47 Å². The van der Waals surface area contributed by atoms with Gasteiger partial charge in [-0.2, -0.15) is 0 Å². The van der Waals surface area contributed by atoms with Crippen molar-refractivity contribution in [3.05, 3.63) is 28.5 Å². The molecule has 0 atom stereocenters. The van der Waals surface area contributed by atoms with Crippen molar-refractivity contribution < 1.29 is 14.3 Å². The maximum Gasteiger partial charge on any atom is 0.332 e. The zero-order chi connectivity index (χ0) is 13.2. The van der Waals surface area contributed by atoms with Crippen molar-refractivity contribution in [3.8, 4) is 11.8 Å². The number of halogens is 1. The van der Waals surface area contributed by atoms with Crippen LogP contribution < -0.4 is 0 Å². The molecule has 0 aromatic carbocycles. The molecule has 0 fully saturated rings. The van der Waals surface area contributed by atoms with Crippen LogP contribution in [0, 0.1) is 11.8 Å². The maximum atomic E-state index is 10.9. The smallest absolute Gasteiger partial charge is 0.332 e. The van der Waals surface area contributed by atoms with Gasteiger partial charge in [-0.25, -0.2) is 9.78 Å². The average molecular weight is 312 g/mol. The zero-order valence-corrected chi connectivity index (χ0v) is 11.7. The van der Waals surface area contributed by atoms with Gasteiger partial charge in [0.15, 0.2) is 0 Å². The van der Waals surface area contributed by atoms with Crippen LogP contribution in [0.3, 0.4) is 0 Å². The van der Waals surface area contributed by atoms with Crippen LogP contribution in [0.15, 0.2) is 22.8 Å². The minimum absolute atomic E-state index is 0.0232. The molecule has 0 aliphatic heterocycles. The van der Waals surface area contributed by atoms with E-state index in [-0.39, 0.29) is 12.6 Å². The Kier molecular flexibility index (Phi) is 7.07. The first-order valence-corrected chi connectivity index (χ1v) is 6.35. The lowest BCUT2D eigenvalue weighted by Gasteiger charge is -2.01. The van der Waals surface area contributed by atoms with Gasteiger partial charge in [-0.3, -0.25) is 0 Å². The second-order valence-corrected chi connectivity index (χ2v) is 4.18. The summed E-state index contributed by atoms with van der Waals surface area (Å²) in [5, 5.41) is 0. The van der Waals surface area contributed by atoms with Crippen molar-refractivity contribution in [1.29, 1.82) is 0 Å². The van der Waals surface area contributed by atoms with E-state index in [9.17, 15) is 4.79 Å². The van der Waals surface area contributed by atoms with Gasteiger partial charge in [-0.1, -0.05) is 21.9 Å². The van der Waals surface area contributed by atoms with Crippen LogP contribution in [0.2, 0.25) is 0 Å². The number of pyridine rings is 1. The SMILES string of the molecule is CCOC(=O)COCCC#Cc1cc(Br)ccn1. The van der Waals surface area contributed by atoms with Crippen molar-refractivity contribution in [3.63, 3.8) is 0 Å². The van der Waals surface area contributed by atoms with Gasteiger partial charge in [0, 0.05) is 17.1 Å². The van der Waals surface area contributed by atoms with Crippen molar-refractivity contribution in [1.82, 2.24) is 4.98 Å². The second kappa shape index (κ2) is 8.67. The normalized spacial score (nSPS) is 9.44. The third-order valence-electron chi connectivity index (χ3n) is 1.84. The number of rotatable bonds is 5. The van der Waals surface area contributed by atoms with Crippen LogP contribution in [0.1, 0.15) is 19.0 Å². The molecule has 0 radical (unpaired) electrons. The molecule has 18 heavy (non-hydrogen) atoms. The molecule has 0 amide bonds. The van der Waals surface area contributed by atoms with Crippen molar-refractivity contribution in [2.75, 3.05) is 19.8 Å². The van der Waals surface area contributed by atoms with Gasteiger partial charge < -0.3 is 9.47 Å². The summed E-state index contributed by atoms with van der Waals surface area (Å²) in [5.74, 6) is 5.49. The summed E-state index contributed by atoms with van der Waals surface area (Å²) >= 11 is 3.34. The van der Waals surface area contributed by atoms with Crippen molar-refractivity contribution in [2.24, 2.45) is 0 Å². The van der Waals surface area contributed by atoms with Gasteiger partial charge >= 0.3 is 5.97 Å². The molecule has 0 saturated heterocycles. The number of nitrogens with zero attached hydrogens (tertiary/aromatic N) is 1. The molecule has 1 aromatic rings. The molecule has 1 rings (SSSR count). The van der Waals surface area contributed by atoms with Crippen LogP contribution in [0.5, 0.6) is 0 Å². The number of hydrogen-bond acceptors (Lipinski definition) is 4. The summed E-state index contributed by atoms with van der Waals surface area (Å²) in [4.78, 5) is 15.0. The Bertz CT molecular complexity index is 451. The highest BCUT2D eigenvalue weighted by Gasteiger charge is 1.99. The first-order chi connectivity index (χ1) is 8.72. The van der Waals surface area contributed by atoms with Crippen LogP contribution >= 0.6 is 15.9 Å². The molecule has 0 unspecified atom stereocenters. The number of carbonyl (C=O) groups excluding carboxylic acids is 1. The minimum atomic E-state index is -0.348. The number of esters is 1. The molecule has 0 aliphatic rings. The fourth-order valence-electron chi connectivity index (χ4n) is 1.11. The highest BCUT2D eigenvalue weighted by atomic mass is 79.9.